The van der Waals surface area contributed by atoms with Gasteiger partial charge in [0.15, 0.2) is 0 Å². The number of piperidine rings is 1. The molecule has 130 valence electrons. The first kappa shape index (κ1) is 17.1. The Morgan fingerprint density at radius 2 is 1.92 bits per heavy atom. The molecule has 1 aromatic heterocycles. The van der Waals surface area contributed by atoms with Crippen molar-refractivity contribution in [1.29, 1.82) is 0 Å². The van der Waals surface area contributed by atoms with Crippen LogP contribution in [0.5, 0.6) is 0 Å². The average molecular weight is 348 g/mol. The predicted octanol–water partition coefficient (Wildman–Crippen LogP) is 1.61. The molecule has 0 bridgehead atoms. The molecule has 2 aromatic rings. The van der Waals surface area contributed by atoms with E-state index in [-0.39, 0.29) is 0 Å². The molecule has 0 radical (unpaired) electrons. The summed E-state index contributed by atoms with van der Waals surface area (Å²) in [4.78, 5) is 0.387. The molecule has 0 amide bonds. The summed E-state index contributed by atoms with van der Waals surface area (Å²) >= 11 is 0. The maximum Gasteiger partial charge on any atom is 0.243 e. The maximum absolute atomic E-state index is 12.6. The van der Waals surface area contributed by atoms with Crippen LogP contribution >= 0.6 is 0 Å². The molecular formula is C17H24N4O2S. The van der Waals surface area contributed by atoms with Crippen molar-refractivity contribution in [3.8, 4) is 0 Å². The SMILES string of the molecule is Cn1cc(CNCC2CCN(S(=O)(=O)c3ccccc3)CC2)cn1. The molecule has 1 N–H and O–H groups in total. The van der Waals surface area contributed by atoms with E-state index in [1.165, 1.54) is 5.56 Å². The molecule has 2 heterocycles. The molecule has 1 aliphatic rings. The first-order valence-electron chi connectivity index (χ1n) is 8.29. The van der Waals surface area contributed by atoms with Crippen molar-refractivity contribution in [1.82, 2.24) is 19.4 Å². The number of hydrogen-bond acceptors (Lipinski definition) is 4. The summed E-state index contributed by atoms with van der Waals surface area (Å²) in [6.07, 6.45) is 5.66. The van der Waals surface area contributed by atoms with Crippen molar-refractivity contribution < 1.29 is 8.42 Å². The van der Waals surface area contributed by atoms with E-state index in [0.29, 0.717) is 23.9 Å². The van der Waals surface area contributed by atoms with Gasteiger partial charge in [-0.2, -0.15) is 9.40 Å². The van der Waals surface area contributed by atoms with Crippen LogP contribution in [0.1, 0.15) is 18.4 Å². The Morgan fingerprint density at radius 3 is 2.54 bits per heavy atom. The third-order valence-electron chi connectivity index (χ3n) is 4.47. The van der Waals surface area contributed by atoms with Gasteiger partial charge in [0.1, 0.15) is 0 Å². The number of benzene rings is 1. The molecule has 1 aromatic carbocycles. The summed E-state index contributed by atoms with van der Waals surface area (Å²) in [7, 11) is -1.44. The summed E-state index contributed by atoms with van der Waals surface area (Å²) in [6.45, 7) is 2.90. The van der Waals surface area contributed by atoms with Gasteiger partial charge in [-0.3, -0.25) is 4.68 Å². The fourth-order valence-electron chi connectivity index (χ4n) is 3.08. The van der Waals surface area contributed by atoms with Gasteiger partial charge in [0.25, 0.3) is 0 Å². The Kier molecular flexibility index (Phi) is 5.33. The lowest BCUT2D eigenvalue weighted by atomic mass is 9.98. The van der Waals surface area contributed by atoms with Gasteiger partial charge in [-0.1, -0.05) is 18.2 Å². The van der Waals surface area contributed by atoms with Crippen molar-refractivity contribution in [3.63, 3.8) is 0 Å². The second kappa shape index (κ2) is 7.46. The van der Waals surface area contributed by atoms with Crippen LogP contribution in [0.15, 0.2) is 47.6 Å². The van der Waals surface area contributed by atoms with Gasteiger partial charge in [0.2, 0.25) is 10.0 Å². The fraction of sp³-hybridized carbons (Fsp3) is 0.471. The van der Waals surface area contributed by atoms with Crippen LogP contribution in [0.2, 0.25) is 0 Å². The molecule has 7 heteroatoms. The molecule has 1 aliphatic heterocycles. The summed E-state index contributed by atoms with van der Waals surface area (Å²) in [5, 5.41) is 7.60. The highest BCUT2D eigenvalue weighted by atomic mass is 32.2. The van der Waals surface area contributed by atoms with Gasteiger partial charge in [0, 0.05) is 38.4 Å². The quantitative estimate of drug-likeness (QED) is 0.861. The Labute approximate surface area is 143 Å². The lowest BCUT2D eigenvalue weighted by Gasteiger charge is -2.31. The number of nitrogens with zero attached hydrogens (tertiary/aromatic N) is 3. The molecule has 24 heavy (non-hydrogen) atoms. The van der Waals surface area contributed by atoms with Crippen LogP contribution in [-0.4, -0.2) is 42.1 Å². The summed E-state index contributed by atoms with van der Waals surface area (Å²) < 4.78 is 28.6. The van der Waals surface area contributed by atoms with Crippen molar-refractivity contribution in [3.05, 3.63) is 48.3 Å². The number of aryl methyl sites for hydroxylation is 1. The lowest BCUT2D eigenvalue weighted by molar-refractivity contribution is 0.267. The minimum Gasteiger partial charge on any atom is -0.312 e. The van der Waals surface area contributed by atoms with Gasteiger partial charge in [-0.05, 0) is 37.4 Å². The highest BCUT2D eigenvalue weighted by Gasteiger charge is 2.28. The van der Waals surface area contributed by atoms with Crippen molar-refractivity contribution >= 4 is 10.0 Å². The summed E-state index contributed by atoms with van der Waals surface area (Å²) in [5.41, 5.74) is 1.17. The van der Waals surface area contributed by atoms with Gasteiger partial charge in [-0.15, -0.1) is 0 Å². The van der Waals surface area contributed by atoms with Gasteiger partial charge < -0.3 is 5.32 Å². The van der Waals surface area contributed by atoms with Crippen LogP contribution in [0.3, 0.4) is 0 Å². The van der Waals surface area contributed by atoms with E-state index in [2.05, 4.69) is 10.4 Å². The van der Waals surface area contributed by atoms with Crippen molar-refractivity contribution in [2.45, 2.75) is 24.3 Å². The number of nitrogens with one attached hydrogen (secondary N) is 1. The number of sulfonamides is 1. The zero-order valence-corrected chi connectivity index (χ0v) is 14.7. The lowest BCUT2D eigenvalue weighted by Crippen LogP contribution is -2.40. The topological polar surface area (TPSA) is 67.2 Å². The van der Waals surface area contributed by atoms with E-state index in [0.717, 1.165) is 25.9 Å². The summed E-state index contributed by atoms with van der Waals surface area (Å²) in [5.74, 6) is 0.517. The Balaban J connectivity index is 1.47. The second-order valence-electron chi connectivity index (χ2n) is 6.31. The van der Waals surface area contributed by atoms with Crippen LogP contribution < -0.4 is 5.32 Å². The van der Waals surface area contributed by atoms with E-state index < -0.39 is 10.0 Å². The molecule has 0 atom stereocenters. The Hall–Kier alpha value is -1.70. The molecule has 0 spiro atoms. The fourth-order valence-corrected chi connectivity index (χ4v) is 4.57. The van der Waals surface area contributed by atoms with E-state index in [1.54, 1.807) is 33.3 Å². The molecule has 0 saturated carbocycles. The molecule has 0 aliphatic carbocycles. The van der Waals surface area contributed by atoms with E-state index in [1.807, 2.05) is 25.5 Å². The van der Waals surface area contributed by atoms with Crippen LogP contribution in [-0.2, 0) is 23.6 Å². The largest absolute Gasteiger partial charge is 0.312 e. The molecule has 6 nitrogen and oxygen atoms in total. The minimum atomic E-state index is -3.34. The van der Waals surface area contributed by atoms with E-state index >= 15 is 0 Å². The molecule has 0 unspecified atom stereocenters. The molecule has 3 rings (SSSR count). The normalized spacial score (nSPS) is 17.2. The number of hydrogen-bond donors (Lipinski definition) is 1. The van der Waals surface area contributed by atoms with Gasteiger partial charge >= 0.3 is 0 Å². The minimum absolute atomic E-state index is 0.387. The first-order valence-corrected chi connectivity index (χ1v) is 9.73. The molecule has 1 fully saturated rings. The highest BCUT2D eigenvalue weighted by molar-refractivity contribution is 7.89. The standard InChI is InChI=1S/C17H24N4O2S/c1-20-14-16(13-19-20)12-18-11-15-7-9-21(10-8-15)24(22,23)17-5-3-2-4-6-17/h2-6,13-15,18H,7-12H2,1H3. The second-order valence-corrected chi connectivity index (χ2v) is 8.25. The molecular weight excluding hydrogens is 324 g/mol. The number of rotatable bonds is 6. The summed E-state index contributed by atoms with van der Waals surface area (Å²) in [6, 6.07) is 8.69. The third kappa shape index (κ3) is 4.03. The average Bonchev–Trinajstić information content (AvgIpc) is 3.01. The van der Waals surface area contributed by atoms with Crippen LogP contribution in [0, 0.1) is 5.92 Å². The highest BCUT2D eigenvalue weighted by Crippen LogP contribution is 2.23. The predicted molar refractivity (Wildman–Crippen MR) is 92.8 cm³/mol. The van der Waals surface area contributed by atoms with Crippen molar-refractivity contribution in [2.24, 2.45) is 13.0 Å². The monoisotopic (exact) mass is 348 g/mol. The Bertz CT molecular complexity index is 750. The zero-order chi connectivity index (χ0) is 17.0. The van der Waals surface area contributed by atoms with Gasteiger partial charge in [-0.25, -0.2) is 8.42 Å². The molecule has 1 saturated heterocycles. The third-order valence-corrected chi connectivity index (χ3v) is 6.39. The first-order chi connectivity index (χ1) is 11.6. The Morgan fingerprint density at radius 1 is 1.21 bits per heavy atom. The number of aromatic nitrogens is 2. The van der Waals surface area contributed by atoms with E-state index in [9.17, 15) is 8.42 Å². The van der Waals surface area contributed by atoms with Crippen LogP contribution in [0.25, 0.3) is 0 Å². The smallest absolute Gasteiger partial charge is 0.243 e. The van der Waals surface area contributed by atoms with Crippen LogP contribution in [0.4, 0.5) is 0 Å². The zero-order valence-electron chi connectivity index (χ0n) is 13.9. The maximum atomic E-state index is 12.6. The van der Waals surface area contributed by atoms with E-state index in [4.69, 9.17) is 0 Å². The van der Waals surface area contributed by atoms with Crippen molar-refractivity contribution in [2.75, 3.05) is 19.6 Å². The van der Waals surface area contributed by atoms with Gasteiger partial charge in [0.05, 0.1) is 11.1 Å².